The van der Waals surface area contributed by atoms with Crippen LogP contribution in [-0.4, -0.2) is 37.2 Å². The number of carbonyl (C=O) groups is 3. The Hall–Kier alpha value is -3.15. The Bertz CT molecular complexity index is 1500. The quantitative estimate of drug-likeness (QED) is 0.0261. The molecule has 1 atom stereocenters. The molecule has 0 spiro atoms. The molecular formula is C76H136O6. The molecule has 0 radical (unpaired) electrons. The summed E-state index contributed by atoms with van der Waals surface area (Å²) in [6.45, 7) is 6.43. The summed E-state index contributed by atoms with van der Waals surface area (Å²) < 4.78 is 16.9. The summed E-state index contributed by atoms with van der Waals surface area (Å²) in [7, 11) is 0. The molecule has 0 aromatic rings. The molecule has 0 saturated carbocycles. The average Bonchev–Trinajstić information content (AvgIpc) is 3.47. The number of hydrogen-bond acceptors (Lipinski definition) is 6. The van der Waals surface area contributed by atoms with Gasteiger partial charge < -0.3 is 14.2 Å². The summed E-state index contributed by atoms with van der Waals surface area (Å²) in [4.78, 5) is 38.3. The molecule has 1 unspecified atom stereocenters. The Morgan fingerprint density at radius 3 is 0.756 bits per heavy atom. The van der Waals surface area contributed by atoms with Crippen molar-refractivity contribution >= 4 is 17.9 Å². The Morgan fingerprint density at radius 2 is 0.476 bits per heavy atom. The van der Waals surface area contributed by atoms with Crippen LogP contribution in [0.15, 0.2) is 72.9 Å². The van der Waals surface area contributed by atoms with Crippen molar-refractivity contribution in [2.45, 2.75) is 380 Å². The van der Waals surface area contributed by atoms with Crippen molar-refractivity contribution in [2.24, 2.45) is 0 Å². The first-order valence-corrected chi connectivity index (χ1v) is 35.9. The van der Waals surface area contributed by atoms with E-state index in [0.29, 0.717) is 19.3 Å². The first-order chi connectivity index (χ1) is 40.5. The van der Waals surface area contributed by atoms with Crippen LogP contribution in [0.3, 0.4) is 0 Å². The number of carbonyl (C=O) groups excluding carboxylic acids is 3. The van der Waals surface area contributed by atoms with E-state index in [2.05, 4.69) is 93.7 Å². The molecule has 0 rings (SSSR count). The fourth-order valence-corrected chi connectivity index (χ4v) is 10.7. The van der Waals surface area contributed by atoms with E-state index in [1.807, 2.05) is 0 Å². The maximum absolute atomic E-state index is 12.9. The van der Waals surface area contributed by atoms with Gasteiger partial charge in [-0.1, -0.05) is 344 Å². The highest BCUT2D eigenvalue weighted by atomic mass is 16.6. The molecule has 0 bridgehead atoms. The third-order valence-corrected chi connectivity index (χ3v) is 16.0. The van der Waals surface area contributed by atoms with E-state index in [9.17, 15) is 14.4 Å². The SMILES string of the molecule is CC/C=C\C/C=C\C/C=C\CCCCCCCCCC(=O)OC(COC(=O)CCCCC/C=C\C/C=C\C/C=C\CC)COC(=O)CCCCCCCCCCCCCCCCCCCCCCCCCCCCCCCCCCCC. The third kappa shape index (κ3) is 67.6. The number of rotatable bonds is 66. The molecule has 0 fully saturated rings. The number of hydrogen-bond donors (Lipinski definition) is 0. The maximum atomic E-state index is 12.9. The molecule has 0 heterocycles. The van der Waals surface area contributed by atoms with Gasteiger partial charge in [-0.05, 0) is 83.5 Å². The van der Waals surface area contributed by atoms with E-state index in [1.165, 1.54) is 225 Å². The van der Waals surface area contributed by atoms with Crippen molar-refractivity contribution in [1.29, 1.82) is 0 Å². The van der Waals surface area contributed by atoms with Gasteiger partial charge in [-0.3, -0.25) is 14.4 Å². The van der Waals surface area contributed by atoms with Crippen molar-refractivity contribution < 1.29 is 28.6 Å². The van der Waals surface area contributed by atoms with E-state index in [0.717, 1.165) is 109 Å². The highest BCUT2D eigenvalue weighted by Gasteiger charge is 2.19. The minimum Gasteiger partial charge on any atom is -0.462 e. The third-order valence-electron chi connectivity index (χ3n) is 16.0. The number of allylic oxidation sites excluding steroid dienone is 12. The molecular weight excluding hydrogens is 1010 g/mol. The summed E-state index contributed by atoms with van der Waals surface area (Å²) in [6.07, 6.45) is 92.6. The molecule has 0 aliphatic rings. The summed E-state index contributed by atoms with van der Waals surface area (Å²) in [5.74, 6) is -0.910. The molecule has 0 N–H and O–H groups in total. The van der Waals surface area contributed by atoms with Gasteiger partial charge in [0.25, 0.3) is 0 Å². The predicted octanol–water partition coefficient (Wildman–Crippen LogP) is 24.8. The minimum absolute atomic E-state index is 0.0863. The second-order valence-electron chi connectivity index (χ2n) is 24.1. The fraction of sp³-hybridized carbons (Fsp3) is 0.803. The molecule has 0 aliphatic carbocycles. The van der Waals surface area contributed by atoms with Crippen LogP contribution in [0.25, 0.3) is 0 Å². The van der Waals surface area contributed by atoms with E-state index in [1.54, 1.807) is 0 Å². The van der Waals surface area contributed by atoms with Crippen LogP contribution in [-0.2, 0) is 28.6 Å². The summed E-state index contributed by atoms with van der Waals surface area (Å²) in [5, 5.41) is 0. The summed E-state index contributed by atoms with van der Waals surface area (Å²) in [6, 6.07) is 0. The molecule has 82 heavy (non-hydrogen) atoms. The summed E-state index contributed by atoms with van der Waals surface area (Å²) >= 11 is 0. The van der Waals surface area contributed by atoms with Crippen molar-refractivity contribution in [2.75, 3.05) is 13.2 Å². The highest BCUT2D eigenvalue weighted by Crippen LogP contribution is 2.19. The lowest BCUT2D eigenvalue weighted by atomic mass is 10.0. The van der Waals surface area contributed by atoms with Crippen molar-refractivity contribution in [3.05, 3.63) is 72.9 Å². The van der Waals surface area contributed by atoms with Crippen LogP contribution in [0.5, 0.6) is 0 Å². The van der Waals surface area contributed by atoms with Gasteiger partial charge >= 0.3 is 17.9 Å². The molecule has 476 valence electrons. The largest absolute Gasteiger partial charge is 0.462 e. The number of ether oxygens (including phenoxy) is 3. The predicted molar refractivity (Wildman–Crippen MR) is 358 cm³/mol. The number of unbranched alkanes of at least 4 members (excludes halogenated alkanes) is 43. The molecule has 0 aliphatic heterocycles. The normalized spacial score (nSPS) is 12.5. The van der Waals surface area contributed by atoms with Crippen LogP contribution in [0.2, 0.25) is 0 Å². The Balaban J connectivity index is 4.11. The van der Waals surface area contributed by atoms with E-state index >= 15 is 0 Å². The minimum atomic E-state index is -0.793. The van der Waals surface area contributed by atoms with Gasteiger partial charge in [-0.15, -0.1) is 0 Å². The van der Waals surface area contributed by atoms with Gasteiger partial charge in [-0.2, -0.15) is 0 Å². The fourth-order valence-electron chi connectivity index (χ4n) is 10.7. The highest BCUT2D eigenvalue weighted by molar-refractivity contribution is 5.71. The van der Waals surface area contributed by atoms with Crippen molar-refractivity contribution in [1.82, 2.24) is 0 Å². The van der Waals surface area contributed by atoms with E-state index < -0.39 is 6.10 Å². The van der Waals surface area contributed by atoms with Crippen LogP contribution in [0, 0.1) is 0 Å². The molecule has 6 heteroatoms. The lowest BCUT2D eigenvalue weighted by Gasteiger charge is -2.18. The van der Waals surface area contributed by atoms with Crippen LogP contribution in [0.4, 0.5) is 0 Å². The smallest absolute Gasteiger partial charge is 0.306 e. The van der Waals surface area contributed by atoms with Crippen molar-refractivity contribution in [3.63, 3.8) is 0 Å². The zero-order valence-electron chi connectivity index (χ0n) is 54.8. The van der Waals surface area contributed by atoms with Crippen LogP contribution < -0.4 is 0 Å². The summed E-state index contributed by atoms with van der Waals surface area (Å²) in [5.41, 5.74) is 0. The van der Waals surface area contributed by atoms with E-state index in [-0.39, 0.29) is 31.1 Å². The van der Waals surface area contributed by atoms with Gasteiger partial charge in [-0.25, -0.2) is 0 Å². The van der Waals surface area contributed by atoms with Crippen LogP contribution in [0.1, 0.15) is 374 Å². The van der Waals surface area contributed by atoms with E-state index in [4.69, 9.17) is 14.2 Å². The molecule has 0 amide bonds. The van der Waals surface area contributed by atoms with Gasteiger partial charge in [0.15, 0.2) is 6.10 Å². The zero-order chi connectivity index (χ0) is 59.2. The average molecular weight is 1150 g/mol. The Kier molecular flexibility index (Phi) is 67.6. The standard InChI is InChI=1S/C76H136O6/c1-4-7-10-13-16-19-22-25-27-29-30-31-32-33-34-35-36-37-38-39-40-41-42-43-44-45-47-48-51-54-57-60-63-66-69-75(78)81-72-73(71-80-74(77)68-65-62-59-56-53-50-24-21-18-15-12-9-6-3)82-76(79)70-67-64-61-58-55-52-49-46-28-26-23-20-17-14-11-8-5-2/h8-9,11-12,17-18,20-21,26,28,50,53,73H,4-7,10,13-16,19,22-25,27,29-49,51-52,54-72H2,1-3H3/b11-8-,12-9-,20-17-,21-18-,28-26-,53-50-. The molecule has 6 nitrogen and oxygen atoms in total. The topological polar surface area (TPSA) is 78.9 Å². The monoisotopic (exact) mass is 1150 g/mol. The first kappa shape index (κ1) is 78.8. The second-order valence-corrected chi connectivity index (χ2v) is 24.1. The Labute approximate surface area is 510 Å². The molecule has 0 aromatic carbocycles. The second kappa shape index (κ2) is 70.3. The lowest BCUT2D eigenvalue weighted by Crippen LogP contribution is -2.30. The zero-order valence-corrected chi connectivity index (χ0v) is 54.8. The van der Waals surface area contributed by atoms with Gasteiger partial charge in [0.05, 0.1) is 0 Å². The van der Waals surface area contributed by atoms with Gasteiger partial charge in [0.1, 0.15) is 13.2 Å². The Morgan fingerprint density at radius 1 is 0.256 bits per heavy atom. The van der Waals surface area contributed by atoms with Gasteiger partial charge in [0, 0.05) is 19.3 Å². The van der Waals surface area contributed by atoms with Crippen molar-refractivity contribution in [3.8, 4) is 0 Å². The first-order valence-electron chi connectivity index (χ1n) is 35.9. The molecule has 0 aromatic heterocycles. The van der Waals surface area contributed by atoms with Gasteiger partial charge in [0.2, 0.25) is 0 Å². The lowest BCUT2D eigenvalue weighted by molar-refractivity contribution is -0.167. The molecule has 0 saturated heterocycles. The maximum Gasteiger partial charge on any atom is 0.306 e. The van der Waals surface area contributed by atoms with Crippen LogP contribution >= 0.6 is 0 Å². The number of esters is 3.